The Kier molecular flexibility index (Phi) is 6.61. The van der Waals surface area contributed by atoms with Gasteiger partial charge in [-0.1, -0.05) is 30.3 Å². The fourth-order valence-corrected chi connectivity index (χ4v) is 2.32. The van der Waals surface area contributed by atoms with E-state index in [-0.39, 0.29) is 11.9 Å². The minimum atomic E-state index is -0.383. The predicted octanol–water partition coefficient (Wildman–Crippen LogP) is 4.15. The third-order valence-electron chi connectivity index (χ3n) is 3.68. The maximum atomic E-state index is 12.1. The van der Waals surface area contributed by atoms with Gasteiger partial charge in [0.05, 0.1) is 13.7 Å². The van der Waals surface area contributed by atoms with Crippen molar-refractivity contribution in [3.63, 3.8) is 0 Å². The minimum Gasteiger partial charge on any atom is -0.469 e. The summed E-state index contributed by atoms with van der Waals surface area (Å²) in [5.41, 5.74) is 1.37. The van der Waals surface area contributed by atoms with Crippen LogP contribution in [0.15, 0.2) is 40.8 Å². The molecular formula is C19H22O5. The summed E-state index contributed by atoms with van der Waals surface area (Å²) in [4.78, 5) is 23.1. The van der Waals surface area contributed by atoms with Crippen LogP contribution >= 0.6 is 0 Å². The number of unbranched alkanes of at least 4 members (excludes halogenated alkanes) is 2. The molecule has 24 heavy (non-hydrogen) atoms. The van der Waals surface area contributed by atoms with E-state index < -0.39 is 0 Å². The zero-order valence-corrected chi connectivity index (χ0v) is 14.0. The molecule has 1 heterocycles. The van der Waals surface area contributed by atoms with Crippen LogP contribution in [0.3, 0.4) is 0 Å². The number of hydrogen-bond donors (Lipinski definition) is 0. The standard InChI is InChI=1S/C19H22O5/c1-14-16(13-17(24-14)15-9-5-3-6-10-15)19(21)23-12-8-4-7-11-18(20)22-2/h3,5-6,9-10,13H,4,7-8,11-12H2,1-2H3. The number of aryl methyl sites for hydroxylation is 1. The number of methoxy groups -OCH3 is 1. The summed E-state index contributed by atoms with van der Waals surface area (Å²) in [5.74, 6) is 0.600. The van der Waals surface area contributed by atoms with E-state index in [1.165, 1.54) is 7.11 Å². The fraction of sp³-hybridized carbons (Fsp3) is 0.368. The number of benzene rings is 1. The molecule has 128 valence electrons. The van der Waals surface area contributed by atoms with Crippen molar-refractivity contribution in [2.75, 3.05) is 13.7 Å². The predicted molar refractivity (Wildman–Crippen MR) is 89.6 cm³/mol. The molecule has 0 aliphatic rings. The van der Waals surface area contributed by atoms with Crippen molar-refractivity contribution >= 4 is 11.9 Å². The third-order valence-corrected chi connectivity index (χ3v) is 3.68. The molecular weight excluding hydrogens is 308 g/mol. The topological polar surface area (TPSA) is 65.7 Å². The summed E-state index contributed by atoms with van der Waals surface area (Å²) >= 11 is 0. The van der Waals surface area contributed by atoms with E-state index in [1.54, 1.807) is 13.0 Å². The second-order valence-corrected chi connectivity index (χ2v) is 5.47. The lowest BCUT2D eigenvalue weighted by Gasteiger charge is -2.03. The Bertz CT molecular complexity index is 672. The Morgan fingerprint density at radius 1 is 1.08 bits per heavy atom. The van der Waals surface area contributed by atoms with Crippen LogP contribution in [-0.2, 0) is 14.3 Å². The van der Waals surface area contributed by atoms with Gasteiger partial charge >= 0.3 is 11.9 Å². The van der Waals surface area contributed by atoms with Gasteiger partial charge in [-0.15, -0.1) is 0 Å². The molecule has 0 bridgehead atoms. The number of esters is 2. The van der Waals surface area contributed by atoms with E-state index in [9.17, 15) is 9.59 Å². The van der Waals surface area contributed by atoms with Crippen LogP contribution in [0.4, 0.5) is 0 Å². The van der Waals surface area contributed by atoms with Crippen LogP contribution in [0.5, 0.6) is 0 Å². The minimum absolute atomic E-state index is 0.213. The highest BCUT2D eigenvalue weighted by atomic mass is 16.5. The van der Waals surface area contributed by atoms with Crippen LogP contribution in [0.25, 0.3) is 11.3 Å². The van der Waals surface area contributed by atoms with Gasteiger partial charge in [-0.05, 0) is 32.3 Å². The quantitative estimate of drug-likeness (QED) is 0.537. The zero-order valence-electron chi connectivity index (χ0n) is 14.0. The van der Waals surface area contributed by atoms with E-state index in [2.05, 4.69) is 4.74 Å². The average molecular weight is 330 g/mol. The Morgan fingerprint density at radius 3 is 2.54 bits per heavy atom. The highest BCUT2D eigenvalue weighted by molar-refractivity contribution is 5.91. The fourth-order valence-electron chi connectivity index (χ4n) is 2.32. The SMILES string of the molecule is COC(=O)CCCCCOC(=O)c1cc(-c2ccccc2)oc1C. The molecule has 5 nitrogen and oxygen atoms in total. The van der Waals surface area contributed by atoms with Crippen molar-refractivity contribution in [3.8, 4) is 11.3 Å². The van der Waals surface area contributed by atoms with Gasteiger partial charge in [0.25, 0.3) is 0 Å². The van der Waals surface area contributed by atoms with Crippen LogP contribution in [0, 0.1) is 6.92 Å². The van der Waals surface area contributed by atoms with Gasteiger partial charge in [-0.25, -0.2) is 4.79 Å². The maximum absolute atomic E-state index is 12.1. The van der Waals surface area contributed by atoms with Crippen molar-refractivity contribution < 1.29 is 23.5 Å². The molecule has 0 radical (unpaired) electrons. The molecule has 1 aromatic heterocycles. The normalized spacial score (nSPS) is 10.4. The van der Waals surface area contributed by atoms with Gasteiger partial charge in [0, 0.05) is 12.0 Å². The first-order valence-electron chi connectivity index (χ1n) is 8.01. The first-order valence-corrected chi connectivity index (χ1v) is 8.01. The smallest absolute Gasteiger partial charge is 0.341 e. The van der Waals surface area contributed by atoms with Gasteiger partial charge in [-0.3, -0.25) is 4.79 Å². The van der Waals surface area contributed by atoms with E-state index in [0.717, 1.165) is 18.4 Å². The van der Waals surface area contributed by atoms with Crippen molar-refractivity contribution in [2.45, 2.75) is 32.6 Å². The molecule has 0 aliphatic heterocycles. The van der Waals surface area contributed by atoms with Crippen LogP contribution < -0.4 is 0 Å². The Balaban J connectivity index is 1.81. The summed E-state index contributed by atoms with van der Waals surface area (Å²) in [6.07, 6.45) is 2.64. The number of rotatable bonds is 8. The third kappa shape index (κ3) is 4.98. The number of furan rings is 1. The van der Waals surface area contributed by atoms with E-state index in [1.807, 2.05) is 30.3 Å². The molecule has 0 unspecified atom stereocenters. The number of carbonyl (C=O) groups excluding carboxylic acids is 2. The largest absolute Gasteiger partial charge is 0.469 e. The summed E-state index contributed by atoms with van der Waals surface area (Å²) < 4.78 is 15.5. The number of hydrogen-bond acceptors (Lipinski definition) is 5. The highest BCUT2D eigenvalue weighted by Gasteiger charge is 2.17. The monoisotopic (exact) mass is 330 g/mol. The molecule has 0 atom stereocenters. The summed E-state index contributed by atoms with van der Waals surface area (Å²) in [5, 5.41) is 0. The molecule has 1 aromatic carbocycles. The average Bonchev–Trinajstić information content (AvgIpc) is 3.00. The maximum Gasteiger partial charge on any atom is 0.341 e. The van der Waals surface area contributed by atoms with Crippen molar-refractivity contribution in [1.82, 2.24) is 0 Å². The molecule has 0 saturated carbocycles. The van der Waals surface area contributed by atoms with Gasteiger partial charge < -0.3 is 13.9 Å². The molecule has 0 N–H and O–H groups in total. The van der Waals surface area contributed by atoms with Gasteiger partial charge in [-0.2, -0.15) is 0 Å². The Hall–Kier alpha value is -2.56. The van der Waals surface area contributed by atoms with Crippen LogP contribution in [0.1, 0.15) is 41.8 Å². The van der Waals surface area contributed by atoms with Crippen molar-refractivity contribution in [3.05, 3.63) is 47.7 Å². The second-order valence-electron chi connectivity index (χ2n) is 5.47. The van der Waals surface area contributed by atoms with Crippen LogP contribution in [-0.4, -0.2) is 25.7 Å². The second kappa shape index (κ2) is 8.91. The first kappa shape index (κ1) is 17.8. The van der Waals surface area contributed by atoms with Gasteiger partial charge in [0.15, 0.2) is 0 Å². The number of ether oxygens (including phenoxy) is 2. The van der Waals surface area contributed by atoms with E-state index >= 15 is 0 Å². The Morgan fingerprint density at radius 2 is 1.83 bits per heavy atom. The van der Waals surface area contributed by atoms with E-state index in [0.29, 0.717) is 36.5 Å². The molecule has 2 rings (SSSR count). The van der Waals surface area contributed by atoms with Gasteiger partial charge in [0.2, 0.25) is 0 Å². The lowest BCUT2D eigenvalue weighted by Crippen LogP contribution is -2.07. The zero-order chi connectivity index (χ0) is 17.4. The lowest BCUT2D eigenvalue weighted by atomic mass is 10.1. The summed E-state index contributed by atoms with van der Waals surface area (Å²) in [6.45, 7) is 2.07. The number of carbonyl (C=O) groups is 2. The molecule has 0 spiro atoms. The molecule has 0 amide bonds. The molecule has 0 fully saturated rings. The summed E-state index contributed by atoms with van der Waals surface area (Å²) in [7, 11) is 1.38. The summed E-state index contributed by atoms with van der Waals surface area (Å²) in [6, 6.07) is 11.3. The molecule has 0 aliphatic carbocycles. The van der Waals surface area contributed by atoms with Crippen molar-refractivity contribution in [1.29, 1.82) is 0 Å². The molecule has 5 heteroatoms. The molecule has 0 saturated heterocycles. The highest BCUT2D eigenvalue weighted by Crippen LogP contribution is 2.25. The van der Waals surface area contributed by atoms with Crippen LogP contribution in [0.2, 0.25) is 0 Å². The van der Waals surface area contributed by atoms with E-state index in [4.69, 9.17) is 9.15 Å². The van der Waals surface area contributed by atoms with Gasteiger partial charge in [0.1, 0.15) is 17.1 Å². The first-order chi connectivity index (χ1) is 11.6. The Labute approximate surface area is 141 Å². The molecule has 2 aromatic rings. The lowest BCUT2D eigenvalue weighted by molar-refractivity contribution is -0.140. The van der Waals surface area contributed by atoms with Crippen molar-refractivity contribution in [2.24, 2.45) is 0 Å².